The summed E-state index contributed by atoms with van der Waals surface area (Å²) in [5.41, 5.74) is 7.67. The van der Waals surface area contributed by atoms with E-state index >= 15 is 0 Å². The van der Waals surface area contributed by atoms with E-state index in [-0.39, 0.29) is 11.4 Å². The lowest BCUT2D eigenvalue weighted by Gasteiger charge is -2.22. The quantitative estimate of drug-likeness (QED) is 0.906. The first-order valence-corrected chi connectivity index (χ1v) is 7.34. The molecule has 2 aromatic rings. The number of nitrogens with zero attached hydrogens (tertiary/aromatic N) is 2. The molecule has 5 nitrogen and oxygen atoms in total. The number of nitrogens with one attached hydrogen (secondary N) is 1. The van der Waals surface area contributed by atoms with Crippen molar-refractivity contribution < 1.29 is 4.79 Å². The molecule has 0 spiro atoms. The summed E-state index contributed by atoms with van der Waals surface area (Å²) in [5, 5.41) is 7.09. The molecule has 5 heteroatoms. The second-order valence-corrected chi connectivity index (χ2v) is 5.79. The summed E-state index contributed by atoms with van der Waals surface area (Å²) >= 11 is 0. The fourth-order valence-corrected chi connectivity index (χ4v) is 2.90. The number of carbonyl (C=O) groups is 1. The summed E-state index contributed by atoms with van der Waals surface area (Å²) in [6.07, 6.45) is 8.15. The van der Waals surface area contributed by atoms with Gasteiger partial charge in [0.15, 0.2) is 0 Å². The highest BCUT2D eigenvalue weighted by Gasteiger charge is 2.31. The summed E-state index contributed by atoms with van der Waals surface area (Å²) in [6, 6.07) is 9.49. The molecule has 0 radical (unpaired) electrons. The summed E-state index contributed by atoms with van der Waals surface area (Å²) in [7, 11) is 0. The van der Waals surface area contributed by atoms with Crippen molar-refractivity contribution in [3.05, 3.63) is 42.7 Å². The molecular formula is C16H20N4O. The zero-order valence-corrected chi connectivity index (χ0v) is 12.0. The largest absolute Gasteiger partial charge is 0.326 e. The number of anilines is 1. The van der Waals surface area contributed by atoms with Gasteiger partial charge in [-0.05, 0) is 43.2 Å². The maximum Gasteiger partial charge on any atom is 0.226 e. The van der Waals surface area contributed by atoms with Crippen LogP contribution in [0.25, 0.3) is 5.69 Å². The molecule has 0 atom stereocenters. The molecule has 1 heterocycles. The topological polar surface area (TPSA) is 72.9 Å². The fraction of sp³-hybridized carbons (Fsp3) is 0.375. The van der Waals surface area contributed by atoms with Crippen molar-refractivity contribution in [2.75, 3.05) is 5.32 Å². The van der Waals surface area contributed by atoms with E-state index in [2.05, 4.69) is 10.4 Å². The van der Waals surface area contributed by atoms with Gasteiger partial charge in [-0.2, -0.15) is 5.10 Å². The number of hydrogen-bond donors (Lipinski definition) is 2. The lowest BCUT2D eigenvalue weighted by Crippen LogP contribution is -2.40. The van der Waals surface area contributed by atoms with E-state index in [0.717, 1.165) is 37.1 Å². The minimum Gasteiger partial charge on any atom is -0.326 e. The van der Waals surface area contributed by atoms with Gasteiger partial charge in [-0.3, -0.25) is 4.79 Å². The third kappa shape index (κ3) is 3.31. The third-order valence-electron chi connectivity index (χ3n) is 4.03. The van der Waals surface area contributed by atoms with E-state index in [1.54, 1.807) is 10.9 Å². The highest BCUT2D eigenvalue weighted by Crippen LogP contribution is 2.30. The molecule has 1 aliphatic rings. The molecule has 0 bridgehead atoms. The van der Waals surface area contributed by atoms with Crippen molar-refractivity contribution in [3.63, 3.8) is 0 Å². The van der Waals surface area contributed by atoms with Gasteiger partial charge in [0.2, 0.25) is 5.91 Å². The maximum atomic E-state index is 12.1. The molecule has 0 saturated heterocycles. The number of amides is 1. The molecule has 1 saturated carbocycles. The molecule has 1 aromatic carbocycles. The number of hydrogen-bond acceptors (Lipinski definition) is 3. The zero-order valence-electron chi connectivity index (χ0n) is 12.0. The second kappa shape index (κ2) is 5.69. The number of carbonyl (C=O) groups excluding carboxylic acids is 1. The van der Waals surface area contributed by atoms with Gasteiger partial charge in [-0.1, -0.05) is 12.8 Å². The Kier molecular flexibility index (Phi) is 3.75. The van der Waals surface area contributed by atoms with Crippen molar-refractivity contribution in [2.24, 2.45) is 5.73 Å². The highest BCUT2D eigenvalue weighted by atomic mass is 16.1. The van der Waals surface area contributed by atoms with Gasteiger partial charge in [-0.25, -0.2) is 4.68 Å². The minimum absolute atomic E-state index is 0.00811. The predicted molar refractivity (Wildman–Crippen MR) is 82.2 cm³/mol. The van der Waals surface area contributed by atoms with Crippen molar-refractivity contribution >= 4 is 11.6 Å². The molecule has 110 valence electrons. The van der Waals surface area contributed by atoms with Crippen LogP contribution < -0.4 is 11.1 Å². The van der Waals surface area contributed by atoms with Gasteiger partial charge in [0.05, 0.1) is 5.69 Å². The first-order valence-electron chi connectivity index (χ1n) is 7.34. The van der Waals surface area contributed by atoms with Crippen LogP contribution in [-0.4, -0.2) is 21.2 Å². The molecular weight excluding hydrogens is 264 g/mol. The van der Waals surface area contributed by atoms with Crippen LogP contribution in [0.5, 0.6) is 0 Å². The molecule has 3 N–H and O–H groups in total. The smallest absolute Gasteiger partial charge is 0.226 e. The standard InChI is InChI=1S/C16H20N4O/c17-16(8-1-2-9-16)12-15(21)19-13-4-6-14(7-5-13)20-11-3-10-18-20/h3-7,10-11H,1-2,8-9,12,17H2,(H,19,21). The number of benzene rings is 1. The average Bonchev–Trinajstić information content (AvgIpc) is 3.11. The summed E-state index contributed by atoms with van der Waals surface area (Å²) in [6.45, 7) is 0. The summed E-state index contributed by atoms with van der Waals surface area (Å²) in [4.78, 5) is 12.1. The van der Waals surface area contributed by atoms with Gasteiger partial charge in [-0.15, -0.1) is 0 Å². The molecule has 1 amide bonds. The third-order valence-corrected chi connectivity index (χ3v) is 4.03. The Hall–Kier alpha value is -2.14. The Morgan fingerprint density at radius 3 is 2.62 bits per heavy atom. The lowest BCUT2D eigenvalue weighted by molar-refractivity contribution is -0.117. The van der Waals surface area contributed by atoms with Gasteiger partial charge >= 0.3 is 0 Å². The first-order chi connectivity index (χ1) is 10.1. The second-order valence-electron chi connectivity index (χ2n) is 5.79. The summed E-state index contributed by atoms with van der Waals surface area (Å²) < 4.78 is 1.78. The van der Waals surface area contributed by atoms with Crippen LogP contribution in [0.2, 0.25) is 0 Å². The van der Waals surface area contributed by atoms with Crippen molar-refractivity contribution in [1.29, 1.82) is 0 Å². The normalized spacial score (nSPS) is 16.8. The number of nitrogens with two attached hydrogens (primary N) is 1. The van der Waals surface area contributed by atoms with Crippen LogP contribution in [-0.2, 0) is 4.79 Å². The van der Waals surface area contributed by atoms with Gasteiger partial charge in [0, 0.05) is 30.0 Å². The first kappa shape index (κ1) is 13.8. The predicted octanol–water partition coefficient (Wildman–Crippen LogP) is 2.47. The van der Waals surface area contributed by atoms with E-state index < -0.39 is 0 Å². The van der Waals surface area contributed by atoms with Crippen LogP contribution in [0.1, 0.15) is 32.1 Å². The molecule has 1 fully saturated rings. The number of rotatable bonds is 4. The van der Waals surface area contributed by atoms with Crippen LogP contribution in [0.15, 0.2) is 42.7 Å². The molecule has 0 aliphatic heterocycles. The Balaban J connectivity index is 1.61. The Morgan fingerprint density at radius 1 is 1.29 bits per heavy atom. The molecule has 21 heavy (non-hydrogen) atoms. The van der Waals surface area contributed by atoms with E-state index in [0.29, 0.717) is 6.42 Å². The van der Waals surface area contributed by atoms with Gasteiger partial charge in [0.1, 0.15) is 0 Å². The SMILES string of the molecule is NC1(CC(=O)Nc2ccc(-n3cccn3)cc2)CCCC1. The van der Waals surface area contributed by atoms with Gasteiger partial charge < -0.3 is 11.1 Å². The van der Waals surface area contributed by atoms with E-state index in [1.165, 1.54) is 0 Å². The Bertz CT molecular complexity index is 598. The minimum atomic E-state index is -0.306. The Labute approximate surface area is 124 Å². The molecule has 0 unspecified atom stereocenters. The lowest BCUT2D eigenvalue weighted by atomic mass is 9.94. The highest BCUT2D eigenvalue weighted by molar-refractivity contribution is 5.91. The van der Waals surface area contributed by atoms with Crippen molar-refractivity contribution in [1.82, 2.24) is 9.78 Å². The van der Waals surface area contributed by atoms with Gasteiger partial charge in [0.25, 0.3) is 0 Å². The summed E-state index contributed by atoms with van der Waals surface area (Å²) in [5.74, 6) is -0.00811. The molecule has 3 rings (SSSR count). The fourth-order valence-electron chi connectivity index (χ4n) is 2.90. The molecule has 1 aliphatic carbocycles. The zero-order chi connectivity index (χ0) is 14.7. The average molecular weight is 284 g/mol. The monoisotopic (exact) mass is 284 g/mol. The van der Waals surface area contributed by atoms with Crippen LogP contribution in [0.4, 0.5) is 5.69 Å². The van der Waals surface area contributed by atoms with E-state index in [4.69, 9.17) is 5.73 Å². The van der Waals surface area contributed by atoms with Crippen molar-refractivity contribution in [3.8, 4) is 5.69 Å². The van der Waals surface area contributed by atoms with Crippen LogP contribution in [0, 0.1) is 0 Å². The Morgan fingerprint density at radius 2 is 2.00 bits per heavy atom. The van der Waals surface area contributed by atoms with E-state index in [9.17, 15) is 4.79 Å². The maximum absolute atomic E-state index is 12.1. The molecule has 1 aromatic heterocycles. The number of aromatic nitrogens is 2. The van der Waals surface area contributed by atoms with Crippen LogP contribution in [0.3, 0.4) is 0 Å². The van der Waals surface area contributed by atoms with Crippen LogP contribution >= 0.6 is 0 Å². The van der Waals surface area contributed by atoms with E-state index in [1.807, 2.05) is 36.5 Å². The van der Waals surface area contributed by atoms with Crippen molar-refractivity contribution in [2.45, 2.75) is 37.6 Å².